The summed E-state index contributed by atoms with van der Waals surface area (Å²) < 4.78 is 11.7. The van der Waals surface area contributed by atoms with Crippen molar-refractivity contribution in [1.29, 1.82) is 0 Å². The fourth-order valence-electron chi connectivity index (χ4n) is 1.53. The predicted octanol–water partition coefficient (Wildman–Crippen LogP) is 6.80. The van der Waals surface area contributed by atoms with E-state index in [0.29, 0.717) is 27.3 Å². The van der Waals surface area contributed by atoms with Gasteiger partial charge in [0.15, 0.2) is 5.75 Å². The average Bonchev–Trinajstić information content (AvgIpc) is 2.42. The summed E-state index contributed by atoms with van der Waals surface area (Å²) in [5.74, 6) is 1.64. The molecule has 0 spiro atoms. The van der Waals surface area contributed by atoms with Crippen LogP contribution in [0.15, 0.2) is 39.7 Å². The molecular weight excluding hydrogens is 406 g/mol. The summed E-state index contributed by atoms with van der Waals surface area (Å²) in [7, 11) is 8.42. The van der Waals surface area contributed by atoms with Gasteiger partial charge in [-0.05, 0) is 52.0 Å². The van der Waals surface area contributed by atoms with Crippen molar-refractivity contribution in [2.75, 3.05) is 7.11 Å². The van der Waals surface area contributed by atoms with Crippen LogP contribution in [0, 0.1) is 0 Å². The molecule has 0 saturated heterocycles. The van der Waals surface area contributed by atoms with Crippen LogP contribution in [0.2, 0.25) is 10.0 Å². The second-order valence-corrected chi connectivity index (χ2v) is 6.48. The van der Waals surface area contributed by atoms with Crippen molar-refractivity contribution in [2.45, 2.75) is 4.90 Å². The standard InChI is InChI=1S/C13H8BrCl3O2S/c1-18-11-3-2-8(6-12(11)20-17)19-13-9(15)4-7(14)5-10(13)16/h2-6H,1H3. The topological polar surface area (TPSA) is 18.5 Å². The van der Waals surface area contributed by atoms with Crippen molar-refractivity contribution in [1.82, 2.24) is 0 Å². The molecule has 0 N–H and O–H groups in total. The lowest BCUT2D eigenvalue weighted by Crippen LogP contribution is -1.90. The molecule has 0 aliphatic heterocycles. The summed E-state index contributed by atoms with van der Waals surface area (Å²) in [6.07, 6.45) is 0. The summed E-state index contributed by atoms with van der Waals surface area (Å²) in [6.45, 7) is 0. The summed E-state index contributed by atoms with van der Waals surface area (Å²) in [5.41, 5.74) is 0. The van der Waals surface area contributed by atoms with Gasteiger partial charge >= 0.3 is 0 Å². The zero-order valence-corrected chi connectivity index (χ0v) is 14.8. The van der Waals surface area contributed by atoms with Gasteiger partial charge in [-0.2, -0.15) is 0 Å². The van der Waals surface area contributed by atoms with E-state index in [1.54, 1.807) is 37.4 Å². The first-order chi connectivity index (χ1) is 9.55. The molecule has 106 valence electrons. The molecule has 20 heavy (non-hydrogen) atoms. The molecule has 0 saturated carbocycles. The highest BCUT2D eigenvalue weighted by Crippen LogP contribution is 2.41. The van der Waals surface area contributed by atoms with Crippen LogP contribution >= 0.6 is 60.8 Å². The lowest BCUT2D eigenvalue weighted by Gasteiger charge is -2.12. The van der Waals surface area contributed by atoms with Gasteiger partial charge in [0.2, 0.25) is 0 Å². The number of ether oxygens (including phenoxy) is 2. The molecular formula is C13H8BrCl3O2S. The Morgan fingerprint density at radius 1 is 1.10 bits per heavy atom. The smallest absolute Gasteiger partial charge is 0.164 e. The van der Waals surface area contributed by atoms with Crippen LogP contribution in [0.4, 0.5) is 0 Å². The minimum absolute atomic E-state index is 0.396. The molecule has 0 bridgehead atoms. The number of methoxy groups -OCH3 is 1. The highest BCUT2D eigenvalue weighted by Gasteiger charge is 2.12. The lowest BCUT2D eigenvalue weighted by molar-refractivity contribution is 0.402. The molecule has 0 radical (unpaired) electrons. The van der Waals surface area contributed by atoms with E-state index in [1.165, 1.54) is 0 Å². The maximum absolute atomic E-state index is 6.12. The number of benzene rings is 2. The van der Waals surface area contributed by atoms with Crippen LogP contribution in [0.5, 0.6) is 17.2 Å². The number of halogens is 4. The minimum atomic E-state index is 0.396. The summed E-state index contributed by atoms with van der Waals surface area (Å²) in [5, 5.41) is 0.834. The molecule has 0 heterocycles. The van der Waals surface area contributed by atoms with Crippen molar-refractivity contribution in [3.8, 4) is 17.2 Å². The van der Waals surface area contributed by atoms with Crippen LogP contribution in [0.3, 0.4) is 0 Å². The van der Waals surface area contributed by atoms with Crippen molar-refractivity contribution < 1.29 is 9.47 Å². The molecule has 0 fully saturated rings. The number of hydrogen-bond acceptors (Lipinski definition) is 3. The first-order valence-electron chi connectivity index (χ1n) is 5.34. The SMILES string of the molecule is COc1ccc(Oc2c(Cl)cc(Br)cc2Cl)cc1SCl. The van der Waals surface area contributed by atoms with E-state index >= 15 is 0 Å². The third-order valence-electron chi connectivity index (χ3n) is 2.40. The van der Waals surface area contributed by atoms with Gasteiger partial charge in [-0.15, -0.1) is 0 Å². The number of rotatable bonds is 4. The van der Waals surface area contributed by atoms with Crippen molar-refractivity contribution in [3.05, 3.63) is 44.8 Å². The Morgan fingerprint density at radius 2 is 1.75 bits per heavy atom. The van der Waals surface area contributed by atoms with E-state index < -0.39 is 0 Å². The number of hydrogen-bond donors (Lipinski definition) is 0. The molecule has 2 aromatic carbocycles. The molecule has 0 aliphatic rings. The van der Waals surface area contributed by atoms with Crippen molar-refractivity contribution in [3.63, 3.8) is 0 Å². The second-order valence-electron chi connectivity index (χ2n) is 3.69. The third-order valence-corrected chi connectivity index (χ3v) is 4.40. The van der Waals surface area contributed by atoms with Crippen LogP contribution in [-0.4, -0.2) is 7.11 Å². The molecule has 2 aromatic rings. The molecule has 0 aliphatic carbocycles. The second kappa shape index (κ2) is 7.14. The normalized spacial score (nSPS) is 10.4. The van der Waals surface area contributed by atoms with Gasteiger partial charge in [-0.3, -0.25) is 0 Å². The largest absolute Gasteiger partial charge is 0.496 e. The minimum Gasteiger partial charge on any atom is -0.496 e. The third kappa shape index (κ3) is 3.68. The Balaban J connectivity index is 2.35. The van der Waals surface area contributed by atoms with Gasteiger partial charge in [0.1, 0.15) is 11.5 Å². The van der Waals surface area contributed by atoms with Gasteiger partial charge in [-0.1, -0.05) is 39.1 Å². The van der Waals surface area contributed by atoms with E-state index in [4.69, 9.17) is 43.4 Å². The fraction of sp³-hybridized carbons (Fsp3) is 0.0769. The van der Waals surface area contributed by atoms with E-state index in [0.717, 1.165) is 20.3 Å². The zero-order valence-electron chi connectivity index (χ0n) is 10.1. The van der Waals surface area contributed by atoms with Crippen LogP contribution < -0.4 is 9.47 Å². The van der Waals surface area contributed by atoms with Gasteiger partial charge in [0, 0.05) is 4.47 Å². The monoisotopic (exact) mass is 412 g/mol. The van der Waals surface area contributed by atoms with Gasteiger partial charge < -0.3 is 9.47 Å². The van der Waals surface area contributed by atoms with Crippen molar-refractivity contribution in [2.24, 2.45) is 0 Å². The Morgan fingerprint density at radius 3 is 2.30 bits per heavy atom. The first-order valence-corrected chi connectivity index (χ1v) is 8.53. The fourth-order valence-corrected chi connectivity index (χ4v) is 3.56. The average molecular weight is 415 g/mol. The maximum atomic E-state index is 6.12. The maximum Gasteiger partial charge on any atom is 0.164 e. The highest BCUT2D eigenvalue weighted by atomic mass is 79.9. The summed E-state index contributed by atoms with van der Waals surface area (Å²) in [4.78, 5) is 0.746. The van der Waals surface area contributed by atoms with Crippen LogP contribution in [-0.2, 0) is 0 Å². The molecule has 7 heteroatoms. The van der Waals surface area contributed by atoms with Crippen LogP contribution in [0.25, 0.3) is 0 Å². The predicted molar refractivity (Wildman–Crippen MR) is 88.9 cm³/mol. The quantitative estimate of drug-likeness (QED) is 0.548. The van der Waals surface area contributed by atoms with E-state index in [9.17, 15) is 0 Å². The molecule has 0 unspecified atom stereocenters. The highest BCUT2D eigenvalue weighted by molar-refractivity contribution is 9.10. The first kappa shape index (κ1) is 16.1. The van der Waals surface area contributed by atoms with Crippen molar-refractivity contribution >= 4 is 60.8 Å². The summed E-state index contributed by atoms with van der Waals surface area (Å²) in [6, 6.07) is 8.70. The van der Waals surface area contributed by atoms with E-state index in [2.05, 4.69) is 15.9 Å². The molecule has 2 rings (SSSR count). The van der Waals surface area contributed by atoms with Crippen LogP contribution in [0.1, 0.15) is 0 Å². The van der Waals surface area contributed by atoms with E-state index in [1.807, 2.05) is 0 Å². The lowest BCUT2D eigenvalue weighted by atomic mass is 10.3. The van der Waals surface area contributed by atoms with Gasteiger partial charge in [0.05, 0.1) is 22.1 Å². The van der Waals surface area contributed by atoms with E-state index in [-0.39, 0.29) is 0 Å². The molecule has 0 aromatic heterocycles. The Hall–Kier alpha value is -0.260. The zero-order chi connectivity index (χ0) is 14.7. The Bertz CT molecular complexity index is 614. The Kier molecular flexibility index (Phi) is 5.75. The Labute approximate surface area is 143 Å². The molecule has 0 atom stereocenters. The molecule has 2 nitrogen and oxygen atoms in total. The van der Waals surface area contributed by atoms with Gasteiger partial charge in [-0.25, -0.2) is 0 Å². The summed E-state index contributed by atoms with van der Waals surface area (Å²) >= 11 is 15.6. The molecule has 0 amide bonds. The van der Waals surface area contributed by atoms with Gasteiger partial charge in [0.25, 0.3) is 0 Å².